The lowest BCUT2D eigenvalue weighted by Crippen LogP contribution is -2.36. The summed E-state index contributed by atoms with van der Waals surface area (Å²) in [5.74, 6) is 0.0165. The van der Waals surface area contributed by atoms with Crippen molar-refractivity contribution in [3.05, 3.63) is 35.9 Å². The largest absolute Gasteiger partial charge is 0.379 e. The van der Waals surface area contributed by atoms with Crippen molar-refractivity contribution in [2.24, 2.45) is 7.05 Å². The molecule has 0 bridgehead atoms. The molecule has 1 aliphatic heterocycles. The van der Waals surface area contributed by atoms with Crippen LogP contribution in [0.3, 0.4) is 0 Å². The van der Waals surface area contributed by atoms with Crippen LogP contribution >= 0.6 is 0 Å². The third-order valence-electron chi connectivity index (χ3n) is 3.74. The molecule has 1 amide bonds. The summed E-state index contributed by atoms with van der Waals surface area (Å²) in [5, 5.41) is 11.5. The lowest BCUT2D eigenvalue weighted by Gasteiger charge is -2.26. The van der Waals surface area contributed by atoms with Crippen LogP contribution in [0, 0.1) is 0 Å². The van der Waals surface area contributed by atoms with Crippen molar-refractivity contribution >= 4 is 11.6 Å². The van der Waals surface area contributed by atoms with Gasteiger partial charge in [0, 0.05) is 32.0 Å². The van der Waals surface area contributed by atoms with Gasteiger partial charge in [-0.25, -0.2) is 0 Å². The smallest absolute Gasteiger partial charge is 0.272 e. The van der Waals surface area contributed by atoms with Gasteiger partial charge in [0.2, 0.25) is 0 Å². The van der Waals surface area contributed by atoms with Gasteiger partial charge in [0.25, 0.3) is 5.91 Å². The fourth-order valence-electron chi connectivity index (χ4n) is 2.58. The maximum absolute atomic E-state index is 12.4. The molecule has 0 radical (unpaired) electrons. The first-order valence-corrected chi connectivity index (χ1v) is 7.57. The van der Waals surface area contributed by atoms with Gasteiger partial charge in [-0.05, 0) is 31.4 Å². The Kier molecular flexibility index (Phi) is 4.32. The number of hydrogen-bond acceptors (Lipinski definition) is 5. The highest BCUT2D eigenvalue weighted by Gasteiger charge is 2.19. The highest BCUT2D eigenvalue weighted by atomic mass is 16.2. The summed E-state index contributed by atoms with van der Waals surface area (Å²) in [6.07, 6.45) is 6.74. The number of anilines is 1. The first-order valence-electron chi connectivity index (χ1n) is 7.57. The van der Waals surface area contributed by atoms with E-state index < -0.39 is 0 Å². The Hall–Kier alpha value is -2.44. The molecule has 0 atom stereocenters. The van der Waals surface area contributed by atoms with Crippen LogP contribution in [0.4, 0.5) is 5.69 Å². The molecule has 2 aromatic rings. The zero-order valence-corrected chi connectivity index (χ0v) is 12.7. The molecule has 22 heavy (non-hydrogen) atoms. The number of carbonyl (C=O) groups is 1. The van der Waals surface area contributed by atoms with E-state index in [0.29, 0.717) is 12.2 Å². The Labute approximate surface area is 129 Å². The van der Waals surface area contributed by atoms with Crippen LogP contribution in [-0.2, 0) is 13.6 Å². The highest BCUT2D eigenvalue weighted by molar-refractivity contribution is 5.93. The SMILES string of the molecule is Cn1ncc(CNc2ccnc(C(=O)N3CCCCC3)c2)n1. The second-order valence-electron chi connectivity index (χ2n) is 5.46. The Morgan fingerprint density at radius 3 is 2.86 bits per heavy atom. The van der Waals surface area contributed by atoms with Crippen LogP contribution < -0.4 is 5.32 Å². The molecule has 0 spiro atoms. The van der Waals surface area contributed by atoms with Crippen molar-refractivity contribution in [1.82, 2.24) is 24.9 Å². The number of pyridine rings is 1. The number of rotatable bonds is 4. The van der Waals surface area contributed by atoms with Crippen molar-refractivity contribution in [1.29, 1.82) is 0 Å². The molecular weight excluding hydrogens is 280 g/mol. The van der Waals surface area contributed by atoms with Gasteiger partial charge < -0.3 is 10.2 Å². The molecule has 0 aromatic carbocycles. The van der Waals surface area contributed by atoms with E-state index in [2.05, 4.69) is 20.5 Å². The van der Waals surface area contributed by atoms with Crippen molar-refractivity contribution in [3.63, 3.8) is 0 Å². The standard InChI is InChI=1S/C15H20N6O/c1-20-18-11-13(19-20)10-17-12-5-6-16-14(9-12)15(22)21-7-3-2-4-8-21/h5-6,9,11H,2-4,7-8,10H2,1H3,(H,16,17). The number of likely N-dealkylation sites (tertiary alicyclic amines) is 1. The van der Waals surface area contributed by atoms with E-state index in [1.165, 1.54) is 11.2 Å². The zero-order chi connectivity index (χ0) is 15.4. The number of amides is 1. The van der Waals surface area contributed by atoms with Gasteiger partial charge in [-0.15, -0.1) is 0 Å². The Balaban J connectivity index is 1.65. The van der Waals surface area contributed by atoms with Gasteiger partial charge in [0.15, 0.2) is 0 Å². The minimum absolute atomic E-state index is 0.0165. The Morgan fingerprint density at radius 2 is 2.14 bits per heavy atom. The van der Waals surface area contributed by atoms with E-state index in [4.69, 9.17) is 0 Å². The van der Waals surface area contributed by atoms with E-state index in [9.17, 15) is 4.79 Å². The van der Waals surface area contributed by atoms with E-state index >= 15 is 0 Å². The zero-order valence-electron chi connectivity index (χ0n) is 12.7. The van der Waals surface area contributed by atoms with Crippen LogP contribution in [0.1, 0.15) is 35.4 Å². The van der Waals surface area contributed by atoms with Gasteiger partial charge in [-0.1, -0.05) is 0 Å². The first kappa shape index (κ1) is 14.5. The predicted molar refractivity (Wildman–Crippen MR) is 82.3 cm³/mol. The summed E-state index contributed by atoms with van der Waals surface area (Å²) in [6, 6.07) is 3.65. The van der Waals surface area contributed by atoms with Crippen molar-refractivity contribution in [2.45, 2.75) is 25.8 Å². The van der Waals surface area contributed by atoms with Crippen molar-refractivity contribution in [2.75, 3.05) is 18.4 Å². The molecule has 1 N–H and O–H groups in total. The minimum Gasteiger partial charge on any atom is -0.379 e. The summed E-state index contributed by atoms with van der Waals surface area (Å²) in [7, 11) is 1.78. The second kappa shape index (κ2) is 6.55. The molecule has 2 aromatic heterocycles. The molecule has 0 unspecified atom stereocenters. The van der Waals surface area contributed by atoms with E-state index in [1.54, 1.807) is 25.5 Å². The molecule has 0 saturated carbocycles. The molecule has 1 aliphatic rings. The third-order valence-corrected chi connectivity index (χ3v) is 3.74. The van der Waals surface area contributed by atoms with Gasteiger partial charge in [-0.2, -0.15) is 15.0 Å². The summed E-state index contributed by atoms with van der Waals surface area (Å²) in [4.78, 5) is 20.1. The molecule has 7 heteroatoms. The predicted octanol–water partition coefficient (Wildman–Crippen LogP) is 1.45. The average molecular weight is 300 g/mol. The van der Waals surface area contributed by atoms with Gasteiger partial charge >= 0.3 is 0 Å². The normalized spacial score (nSPS) is 14.9. The van der Waals surface area contributed by atoms with Crippen LogP contribution in [0.15, 0.2) is 24.5 Å². The summed E-state index contributed by atoms with van der Waals surface area (Å²) in [6.45, 7) is 2.23. The van der Waals surface area contributed by atoms with E-state index in [-0.39, 0.29) is 5.91 Å². The maximum Gasteiger partial charge on any atom is 0.272 e. The van der Waals surface area contributed by atoms with Crippen LogP contribution in [0.2, 0.25) is 0 Å². The van der Waals surface area contributed by atoms with Crippen LogP contribution in [0.5, 0.6) is 0 Å². The van der Waals surface area contributed by atoms with Gasteiger partial charge in [0.1, 0.15) is 11.4 Å². The lowest BCUT2D eigenvalue weighted by atomic mass is 10.1. The molecule has 116 valence electrons. The number of carbonyl (C=O) groups excluding carboxylic acids is 1. The number of hydrogen-bond donors (Lipinski definition) is 1. The summed E-state index contributed by atoms with van der Waals surface area (Å²) >= 11 is 0. The second-order valence-corrected chi connectivity index (χ2v) is 5.46. The summed E-state index contributed by atoms with van der Waals surface area (Å²) < 4.78 is 0. The monoisotopic (exact) mass is 300 g/mol. The Morgan fingerprint density at radius 1 is 1.32 bits per heavy atom. The number of nitrogens with zero attached hydrogens (tertiary/aromatic N) is 5. The number of nitrogens with one attached hydrogen (secondary N) is 1. The van der Waals surface area contributed by atoms with Gasteiger partial charge in [-0.3, -0.25) is 9.78 Å². The number of aromatic nitrogens is 4. The molecule has 3 rings (SSSR count). The molecule has 0 aliphatic carbocycles. The summed E-state index contributed by atoms with van der Waals surface area (Å²) in [5.41, 5.74) is 2.20. The van der Waals surface area contributed by atoms with Crippen LogP contribution in [0.25, 0.3) is 0 Å². The lowest BCUT2D eigenvalue weighted by molar-refractivity contribution is 0.0718. The molecule has 1 saturated heterocycles. The average Bonchev–Trinajstić information content (AvgIpc) is 2.99. The molecule has 1 fully saturated rings. The molecule has 7 nitrogen and oxygen atoms in total. The van der Waals surface area contributed by atoms with Gasteiger partial charge in [0.05, 0.1) is 12.7 Å². The van der Waals surface area contributed by atoms with E-state index in [1.807, 2.05) is 11.0 Å². The topological polar surface area (TPSA) is 75.9 Å². The fourth-order valence-corrected chi connectivity index (χ4v) is 2.58. The molecule has 3 heterocycles. The quantitative estimate of drug-likeness (QED) is 0.925. The number of piperidine rings is 1. The van der Waals surface area contributed by atoms with Crippen LogP contribution in [-0.4, -0.2) is 43.9 Å². The molecular formula is C15H20N6O. The Bertz CT molecular complexity index is 647. The first-order chi connectivity index (χ1) is 10.7. The van der Waals surface area contributed by atoms with Crippen molar-refractivity contribution in [3.8, 4) is 0 Å². The fraction of sp³-hybridized carbons (Fsp3) is 0.467. The number of aryl methyl sites for hydroxylation is 1. The maximum atomic E-state index is 12.4. The minimum atomic E-state index is 0.0165. The third kappa shape index (κ3) is 3.41. The van der Waals surface area contributed by atoms with E-state index in [0.717, 1.165) is 37.3 Å². The highest BCUT2D eigenvalue weighted by Crippen LogP contribution is 2.15. The van der Waals surface area contributed by atoms with Crippen molar-refractivity contribution < 1.29 is 4.79 Å².